The maximum absolute atomic E-state index is 12.8. The number of carbonyl (C=O) groups excluding carboxylic acids is 1. The summed E-state index contributed by atoms with van der Waals surface area (Å²) in [6.07, 6.45) is 0. The lowest BCUT2D eigenvalue weighted by Gasteiger charge is -2.13. The van der Waals surface area contributed by atoms with Gasteiger partial charge in [-0.3, -0.25) is 9.59 Å². The molecule has 2 aromatic carbocycles. The summed E-state index contributed by atoms with van der Waals surface area (Å²) in [6.45, 7) is 0. The highest BCUT2D eigenvalue weighted by molar-refractivity contribution is 6.31. The molecule has 0 spiro atoms. The monoisotopic (exact) mass is 385 g/mol. The lowest BCUT2D eigenvalue weighted by molar-refractivity contribution is 0.101. The van der Waals surface area contributed by atoms with E-state index in [1.807, 2.05) is 6.07 Å². The highest BCUT2D eigenvalue weighted by atomic mass is 35.5. The van der Waals surface area contributed by atoms with E-state index in [1.54, 1.807) is 42.5 Å². The van der Waals surface area contributed by atoms with Crippen molar-refractivity contribution in [3.63, 3.8) is 0 Å². The quantitative estimate of drug-likeness (QED) is 0.729. The lowest BCUT2D eigenvalue weighted by atomic mass is 10.2. The Balaban J connectivity index is 2.04. The SMILES string of the molecule is COc1ccc(Cl)cc1NC(=O)c1nn(-c2ccccc2)c(=O)cc1OC. The molecule has 27 heavy (non-hydrogen) atoms. The molecular formula is C19H16ClN3O4. The molecule has 1 N–H and O–H groups in total. The Labute approximate surface area is 160 Å². The molecule has 8 heteroatoms. The zero-order valence-electron chi connectivity index (χ0n) is 14.6. The first kappa shape index (κ1) is 18.5. The normalized spacial score (nSPS) is 10.3. The van der Waals surface area contributed by atoms with Gasteiger partial charge in [0, 0.05) is 5.02 Å². The van der Waals surface area contributed by atoms with Gasteiger partial charge in [-0.2, -0.15) is 9.78 Å². The molecule has 0 saturated carbocycles. The van der Waals surface area contributed by atoms with Crippen molar-refractivity contribution in [3.8, 4) is 17.2 Å². The summed E-state index contributed by atoms with van der Waals surface area (Å²) < 4.78 is 11.5. The van der Waals surface area contributed by atoms with Crippen molar-refractivity contribution in [1.29, 1.82) is 0 Å². The number of hydrogen-bond donors (Lipinski definition) is 1. The number of nitrogens with zero attached hydrogens (tertiary/aromatic N) is 2. The molecule has 0 aliphatic carbocycles. The number of hydrogen-bond acceptors (Lipinski definition) is 5. The number of anilines is 1. The van der Waals surface area contributed by atoms with Crippen LogP contribution in [0, 0.1) is 0 Å². The smallest absolute Gasteiger partial charge is 0.280 e. The molecule has 1 heterocycles. The van der Waals surface area contributed by atoms with Crippen LogP contribution in [0.2, 0.25) is 5.02 Å². The Morgan fingerprint density at radius 2 is 1.74 bits per heavy atom. The summed E-state index contributed by atoms with van der Waals surface area (Å²) in [6, 6.07) is 14.8. The fourth-order valence-corrected chi connectivity index (χ4v) is 2.64. The number of para-hydroxylation sites is 1. The minimum Gasteiger partial charge on any atom is -0.495 e. The molecule has 0 aliphatic heterocycles. The van der Waals surface area contributed by atoms with E-state index in [0.717, 1.165) is 4.68 Å². The predicted octanol–water partition coefficient (Wildman–Crippen LogP) is 3.16. The Kier molecular flexibility index (Phi) is 5.42. The average molecular weight is 386 g/mol. The minimum atomic E-state index is -0.572. The van der Waals surface area contributed by atoms with Gasteiger partial charge in [-0.1, -0.05) is 29.8 Å². The fraction of sp³-hybridized carbons (Fsp3) is 0.105. The van der Waals surface area contributed by atoms with Crippen molar-refractivity contribution in [1.82, 2.24) is 9.78 Å². The van der Waals surface area contributed by atoms with Crippen LogP contribution in [0.25, 0.3) is 5.69 Å². The standard InChI is InChI=1S/C19H16ClN3O4/c1-26-15-9-8-12(20)10-14(15)21-19(25)18-16(27-2)11-17(24)23(22-18)13-6-4-3-5-7-13/h3-11H,1-2H3,(H,21,25). The Morgan fingerprint density at radius 3 is 2.41 bits per heavy atom. The van der Waals surface area contributed by atoms with Gasteiger partial charge in [0.15, 0.2) is 11.4 Å². The Hall–Kier alpha value is -3.32. The molecule has 138 valence electrons. The van der Waals surface area contributed by atoms with Crippen LogP contribution in [0.5, 0.6) is 11.5 Å². The van der Waals surface area contributed by atoms with Crippen molar-refractivity contribution in [2.45, 2.75) is 0 Å². The largest absolute Gasteiger partial charge is 0.495 e. The highest BCUT2D eigenvalue weighted by Gasteiger charge is 2.19. The van der Waals surface area contributed by atoms with Gasteiger partial charge in [0.2, 0.25) is 0 Å². The van der Waals surface area contributed by atoms with Gasteiger partial charge in [0.05, 0.1) is 31.7 Å². The van der Waals surface area contributed by atoms with E-state index < -0.39 is 11.5 Å². The Morgan fingerprint density at radius 1 is 1.04 bits per heavy atom. The van der Waals surface area contributed by atoms with Crippen LogP contribution >= 0.6 is 11.6 Å². The summed E-state index contributed by atoms with van der Waals surface area (Å²) in [5.74, 6) is -0.0779. The van der Waals surface area contributed by atoms with Crippen LogP contribution < -0.4 is 20.3 Å². The van der Waals surface area contributed by atoms with Gasteiger partial charge >= 0.3 is 0 Å². The van der Waals surface area contributed by atoms with Gasteiger partial charge in [-0.15, -0.1) is 0 Å². The van der Waals surface area contributed by atoms with E-state index in [2.05, 4.69) is 10.4 Å². The number of methoxy groups -OCH3 is 2. The molecule has 0 fully saturated rings. The van der Waals surface area contributed by atoms with Crippen molar-refractivity contribution in [2.75, 3.05) is 19.5 Å². The van der Waals surface area contributed by atoms with Crippen LogP contribution in [0.3, 0.4) is 0 Å². The first-order chi connectivity index (χ1) is 13.0. The molecule has 0 aliphatic rings. The Bertz CT molecular complexity index is 1030. The molecule has 0 radical (unpaired) electrons. The minimum absolute atomic E-state index is 0.0528. The van der Waals surface area contributed by atoms with Crippen LogP contribution in [-0.4, -0.2) is 29.9 Å². The van der Waals surface area contributed by atoms with Gasteiger partial charge in [-0.05, 0) is 30.3 Å². The molecule has 7 nitrogen and oxygen atoms in total. The summed E-state index contributed by atoms with van der Waals surface area (Å²) in [7, 11) is 2.84. The second kappa shape index (κ2) is 7.92. The van der Waals surface area contributed by atoms with E-state index >= 15 is 0 Å². The third-order valence-corrected chi connectivity index (χ3v) is 3.98. The van der Waals surface area contributed by atoms with Crippen LogP contribution in [0.4, 0.5) is 5.69 Å². The second-order valence-electron chi connectivity index (χ2n) is 5.45. The zero-order chi connectivity index (χ0) is 19.4. The second-order valence-corrected chi connectivity index (χ2v) is 5.88. The number of halogens is 1. The van der Waals surface area contributed by atoms with E-state index in [4.69, 9.17) is 21.1 Å². The van der Waals surface area contributed by atoms with Crippen LogP contribution in [-0.2, 0) is 0 Å². The third-order valence-electron chi connectivity index (χ3n) is 3.74. The maximum atomic E-state index is 12.8. The average Bonchev–Trinajstić information content (AvgIpc) is 2.68. The number of benzene rings is 2. The number of carbonyl (C=O) groups is 1. The molecule has 1 aromatic heterocycles. The number of amides is 1. The highest BCUT2D eigenvalue weighted by Crippen LogP contribution is 2.28. The van der Waals surface area contributed by atoms with Gasteiger partial charge in [0.1, 0.15) is 5.75 Å². The third kappa shape index (κ3) is 3.93. The first-order valence-electron chi connectivity index (χ1n) is 7.92. The van der Waals surface area contributed by atoms with Gasteiger partial charge < -0.3 is 14.8 Å². The van der Waals surface area contributed by atoms with Gasteiger partial charge in [0.25, 0.3) is 11.5 Å². The van der Waals surface area contributed by atoms with E-state index in [-0.39, 0.29) is 11.4 Å². The maximum Gasteiger partial charge on any atom is 0.280 e. The lowest BCUT2D eigenvalue weighted by Crippen LogP contribution is -2.26. The van der Waals surface area contributed by atoms with Crippen LogP contribution in [0.15, 0.2) is 59.4 Å². The van der Waals surface area contributed by atoms with Crippen LogP contribution in [0.1, 0.15) is 10.5 Å². The summed E-state index contributed by atoms with van der Waals surface area (Å²) >= 11 is 6.00. The molecule has 3 aromatic rings. The number of rotatable bonds is 5. The first-order valence-corrected chi connectivity index (χ1v) is 8.30. The van der Waals surface area contributed by atoms with Crippen molar-refractivity contribution < 1.29 is 14.3 Å². The molecular weight excluding hydrogens is 370 g/mol. The van der Waals surface area contributed by atoms with E-state index in [0.29, 0.717) is 22.1 Å². The summed E-state index contributed by atoms with van der Waals surface area (Å²) in [5.41, 5.74) is 0.425. The van der Waals surface area contributed by atoms with E-state index in [1.165, 1.54) is 20.3 Å². The van der Waals surface area contributed by atoms with Crippen molar-refractivity contribution in [3.05, 3.63) is 75.7 Å². The molecule has 0 bridgehead atoms. The fourth-order valence-electron chi connectivity index (χ4n) is 2.47. The van der Waals surface area contributed by atoms with Crippen molar-refractivity contribution in [2.24, 2.45) is 0 Å². The van der Waals surface area contributed by atoms with Crippen molar-refractivity contribution >= 4 is 23.2 Å². The molecule has 0 saturated heterocycles. The molecule has 3 rings (SSSR count). The van der Waals surface area contributed by atoms with Gasteiger partial charge in [-0.25, -0.2) is 0 Å². The zero-order valence-corrected chi connectivity index (χ0v) is 15.4. The number of aromatic nitrogens is 2. The van der Waals surface area contributed by atoms with E-state index in [9.17, 15) is 9.59 Å². The predicted molar refractivity (Wildman–Crippen MR) is 102 cm³/mol. The summed E-state index contributed by atoms with van der Waals surface area (Å²) in [5, 5.41) is 7.30. The topological polar surface area (TPSA) is 82.5 Å². The molecule has 0 atom stereocenters. The molecule has 0 unspecified atom stereocenters. The summed E-state index contributed by atoms with van der Waals surface area (Å²) in [4.78, 5) is 25.1. The number of nitrogens with one attached hydrogen (secondary N) is 1. The number of ether oxygens (including phenoxy) is 2. The molecule has 1 amide bonds.